The molecule has 0 heterocycles. The van der Waals surface area contributed by atoms with Gasteiger partial charge in [-0.25, -0.2) is 9.59 Å². The van der Waals surface area contributed by atoms with Gasteiger partial charge in [0, 0.05) is 5.92 Å². The lowest BCUT2D eigenvalue weighted by molar-refractivity contribution is -0.150. The monoisotopic (exact) mass is 834 g/mol. The highest BCUT2D eigenvalue weighted by Crippen LogP contribution is 2.44. The predicted molar refractivity (Wildman–Crippen MR) is 250 cm³/mol. The van der Waals surface area contributed by atoms with Crippen LogP contribution in [0.1, 0.15) is 81.4 Å². The van der Waals surface area contributed by atoms with Gasteiger partial charge in [-0.05, 0) is 102 Å². The Morgan fingerprint density at radius 1 is 0.587 bits per heavy atom. The van der Waals surface area contributed by atoms with E-state index in [9.17, 15) is 9.59 Å². The van der Waals surface area contributed by atoms with Crippen LogP contribution in [0.3, 0.4) is 0 Å². The van der Waals surface area contributed by atoms with E-state index < -0.39 is 29.7 Å². The number of carbonyl (C=O) groups is 2. The molecule has 0 aromatic heterocycles. The van der Waals surface area contributed by atoms with E-state index in [0.29, 0.717) is 31.6 Å². The lowest BCUT2D eigenvalue weighted by Gasteiger charge is -2.37. The Morgan fingerprint density at radius 2 is 1.08 bits per heavy atom. The standard InChI is InChI=1S/C56H54N2O5/c1-39-25-29-41(30-26-39)53(42-31-35-46(61-3)36-32-42)63-54(59)52(58-55(60)62-38-51-49-22-12-10-20-47(49)48-21-11-13-23-50(48)51)24-14-15-37-57-56(43-16-6-4-7-17-43,44-18-8-5-9-19-44)45-33-27-40(2)28-34-45/h4-13,16-23,25-36,51-53,57H,14-15,24,37-38H2,1-3H3,(H,58,60)/t52-,53?/m0/s1. The van der Waals surface area contributed by atoms with Gasteiger partial charge in [0.1, 0.15) is 18.4 Å². The molecule has 7 nitrogen and oxygen atoms in total. The average Bonchev–Trinajstić information content (AvgIpc) is 3.65. The zero-order valence-corrected chi connectivity index (χ0v) is 36.1. The number of aryl methyl sites for hydroxylation is 2. The summed E-state index contributed by atoms with van der Waals surface area (Å²) in [5, 5.41) is 6.90. The van der Waals surface area contributed by atoms with Gasteiger partial charge in [0.25, 0.3) is 0 Å². The number of fused-ring (bicyclic) bond motifs is 3. The number of alkyl carbamates (subject to hydrolysis) is 1. The molecule has 0 radical (unpaired) electrons. The van der Waals surface area contributed by atoms with E-state index in [1.807, 2.05) is 91.9 Å². The van der Waals surface area contributed by atoms with Crippen LogP contribution in [0.25, 0.3) is 11.1 Å². The molecule has 1 unspecified atom stereocenters. The smallest absolute Gasteiger partial charge is 0.407 e. The summed E-state index contributed by atoms with van der Waals surface area (Å²) >= 11 is 0. The number of unbranched alkanes of at least 4 members (excludes halogenated alkanes) is 1. The van der Waals surface area contributed by atoms with Crippen molar-refractivity contribution in [2.75, 3.05) is 20.3 Å². The van der Waals surface area contributed by atoms with Gasteiger partial charge < -0.3 is 19.5 Å². The van der Waals surface area contributed by atoms with Crippen LogP contribution in [0.5, 0.6) is 5.75 Å². The van der Waals surface area contributed by atoms with Gasteiger partial charge in [0.15, 0.2) is 6.10 Å². The van der Waals surface area contributed by atoms with Gasteiger partial charge in [-0.1, -0.05) is 181 Å². The SMILES string of the molecule is COc1ccc(C(OC(=O)[C@H](CCCCNC(c2ccccc2)(c2ccccc2)c2ccc(C)cc2)NC(=O)OCC2c3ccccc3-c3ccccc32)c2ccc(C)cc2)cc1. The third-order valence-electron chi connectivity index (χ3n) is 12.2. The summed E-state index contributed by atoms with van der Waals surface area (Å²) in [5.74, 6) is 0.0335. The topological polar surface area (TPSA) is 85.9 Å². The zero-order chi connectivity index (χ0) is 43.6. The molecule has 0 saturated carbocycles. The van der Waals surface area contributed by atoms with Crippen molar-refractivity contribution in [3.8, 4) is 16.9 Å². The fourth-order valence-corrected chi connectivity index (χ4v) is 8.81. The summed E-state index contributed by atoms with van der Waals surface area (Å²) in [6, 6.07) is 60.6. The highest BCUT2D eigenvalue weighted by atomic mass is 16.6. The molecule has 1 aliphatic rings. The van der Waals surface area contributed by atoms with Gasteiger partial charge in [0.05, 0.1) is 12.6 Å². The van der Waals surface area contributed by atoms with E-state index in [1.165, 1.54) is 5.56 Å². The molecule has 1 aliphatic carbocycles. The Labute approximate surface area is 371 Å². The number of methoxy groups -OCH3 is 1. The molecule has 0 fully saturated rings. The number of nitrogens with one attached hydrogen (secondary N) is 2. The molecule has 63 heavy (non-hydrogen) atoms. The van der Waals surface area contributed by atoms with Crippen LogP contribution in [0.2, 0.25) is 0 Å². The zero-order valence-electron chi connectivity index (χ0n) is 36.1. The first kappa shape index (κ1) is 42.7. The molecule has 2 atom stereocenters. The van der Waals surface area contributed by atoms with Crippen LogP contribution in [-0.4, -0.2) is 38.4 Å². The third kappa shape index (κ3) is 9.59. The summed E-state index contributed by atoms with van der Waals surface area (Å²) in [7, 11) is 1.62. The molecule has 0 spiro atoms. The molecule has 0 aliphatic heterocycles. The van der Waals surface area contributed by atoms with Crippen molar-refractivity contribution >= 4 is 12.1 Å². The van der Waals surface area contributed by atoms with Gasteiger partial charge >= 0.3 is 12.1 Å². The van der Waals surface area contributed by atoms with E-state index in [-0.39, 0.29) is 12.5 Å². The second kappa shape index (κ2) is 19.8. The highest BCUT2D eigenvalue weighted by molar-refractivity contribution is 5.82. The number of amides is 1. The average molecular weight is 835 g/mol. The summed E-state index contributed by atoms with van der Waals surface area (Å²) < 4.78 is 17.8. The molecule has 7 aromatic rings. The maximum atomic E-state index is 14.5. The van der Waals surface area contributed by atoms with E-state index in [4.69, 9.17) is 14.2 Å². The number of ether oxygens (including phenoxy) is 3. The first-order valence-corrected chi connectivity index (χ1v) is 21.8. The number of hydrogen-bond donors (Lipinski definition) is 2. The molecule has 7 heteroatoms. The molecule has 0 bridgehead atoms. The van der Waals surface area contributed by atoms with Crippen LogP contribution in [0.15, 0.2) is 182 Å². The van der Waals surface area contributed by atoms with Gasteiger partial charge in [-0.2, -0.15) is 0 Å². The van der Waals surface area contributed by atoms with Gasteiger partial charge in [0.2, 0.25) is 0 Å². The summed E-state index contributed by atoms with van der Waals surface area (Å²) in [4.78, 5) is 28.3. The molecular weight excluding hydrogens is 781 g/mol. The van der Waals surface area contributed by atoms with Crippen molar-refractivity contribution in [1.29, 1.82) is 0 Å². The normalized spacial score (nSPS) is 13.0. The van der Waals surface area contributed by atoms with E-state index in [0.717, 1.165) is 55.6 Å². The first-order valence-electron chi connectivity index (χ1n) is 21.8. The summed E-state index contributed by atoms with van der Waals surface area (Å²) in [6.07, 6.45) is 0.275. The second-order valence-electron chi connectivity index (χ2n) is 16.3. The van der Waals surface area contributed by atoms with Crippen LogP contribution >= 0.6 is 0 Å². The minimum atomic E-state index is -0.975. The first-order chi connectivity index (χ1) is 30.8. The van der Waals surface area contributed by atoms with Gasteiger partial charge in [-0.15, -0.1) is 0 Å². The molecule has 0 saturated heterocycles. The molecule has 1 amide bonds. The Balaban J connectivity index is 1.03. The second-order valence-corrected chi connectivity index (χ2v) is 16.3. The minimum Gasteiger partial charge on any atom is -0.497 e. The van der Waals surface area contributed by atoms with Crippen LogP contribution in [-0.2, 0) is 19.8 Å². The lowest BCUT2D eigenvalue weighted by Crippen LogP contribution is -2.45. The van der Waals surface area contributed by atoms with Crippen molar-refractivity contribution in [1.82, 2.24) is 10.6 Å². The van der Waals surface area contributed by atoms with Crippen molar-refractivity contribution < 1.29 is 23.8 Å². The van der Waals surface area contributed by atoms with Crippen LogP contribution in [0, 0.1) is 13.8 Å². The Morgan fingerprint density at radius 3 is 1.63 bits per heavy atom. The van der Waals surface area contributed by atoms with Crippen molar-refractivity contribution in [2.24, 2.45) is 0 Å². The van der Waals surface area contributed by atoms with Crippen molar-refractivity contribution in [3.05, 3.63) is 232 Å². The summed E-state index contributed by atoms with van der Waals surface area (Å²) in [5.41, 5.74) is 11.1. The third-order valence-corrected chi connectivity index (χ3v) is 12.2. The van der Waals surface area contributed by atoms with E-state index >= 15 is 0 Å². The number of rotatable bonds is 17. The Hall–Kier alpha value is -6.96. The Kier molecular flexibility index (Phi) is 13.4. The number of carbonyl (C=O) groups excluding carboxylic acids is 2. The van der Waals surface area contributed by atoms with E-state index in [1.54, 1.807) is 7.11 Å². The number of hydrogen-bond acceptors (Lipinski definition) is 6. The van der Waals surface area contributed by atoms with Crippen molar-refractivity contribution in [3.63, 3.8) is 0 Å². The molecular formula is C56H54N2O5. The fraction of sp³-hybridized carbons (Fsp3) is 0.214. The van der Waals surface area contributed by atoms with Crippen LogP contribution in [0.4, 0.5) is 4.79 Å². The molecule has 8 rings (SSSR count). The number of benzene rings is 7. The Bertz CT molecular complexity index is 2510. The minimum absolute atomic E-state index is 0.122. The predicted octanol–water partition coefficient (Wildman–Crippen LogP) is 11.6. The maximum absolute atomic E-state index is 14.5. The molecule has 7 aromatic carbocycles. The molecule has 318 valence electrons. The lowest BCUT2D eigenvalue weighted by atomic mass is 9.76. The highest BCUT2D eigenvalue weighted by Gasteiger charge is 2.36. The van der Waals surface area contributed by atoms with Crippen LogP contribution < -0.4 is 15.4 Å². The van der Waals surface area contributed by atoms with Gasteiger partial charge in [-0.3, -0.25) is 5.32 Å². The quantitative estimate of drug-likeness (QED) is 0.0540. The maximum Gasteiger partial charge on any atom is 0.407 e. The summed E-state index contributed by atoms with van der Waals surface area (Å²) in [6.45, 7) is 4.87. The number of esters is 1. The van der Waals surface area contributed by atoms with E-state index in [2.05, 4.69) is 115 Å². The van der Waals surface area contributed by atoms with Crippen molar-refractivity contribution in [2.45, 2.75) is 56.7 Å². The fourth-order valence-electron chi connectivity index (χ4n) is 8.81. The largest absolute Gasteiger partial charge is 0.497 e. The molecule has 2 N–H and O–H groups in total.